The molecule has 20 heavy (non-hydrogen) atoms. The molecular weight excluding hydrogens is 254 g/mol. The van der Waals surface area contributed by atoms with Crippen molar-refractivity contribution in [1.29, 1.82) is 0 Å². The van der Waals surface area contributed by atoms with Gasteiger partial charge in [-0.15, -0.1) is 0 Å². The zero-order chi connectivity index (χ0) is 14.5. The van der Waals surface area contributed by atoms with Crippen LogP contribution in [0, 0.1) is 6.92 Å². The largest absolute Gasteiger partial charge is 0.508 e. The highest BCUT2D eigenvalue weighted by Crippen LogP contribution is 2.23. The lowest BCUT2D eigenvalue weighted by Gasteiger charge is -2.05. The summed E-state index contributed by atoms with van der Waals surface area (Å²) in [5.41, 5.74) is 2.12. The van der Waals surface area contributed by atoms with Crippen LogP contribution < -0.4 is 5.32 Å². The molecular formula is C16H15NO3. The predicted octanol–water partition coefficient (Wildman–Crippen LogP) is 3.06. The van der Waals surface area contributed by atoms with Crippen LogP contribution >= 0.6 is 0 Å². The summed E-state index contributed by atoms with van der Waals surface area (Å²) in [6, 6.07) is 11.5. The van der Waals surface area contributed by atoms with Crippen LogP contribution in [-0.4, -0.2) is 16.1 Å². The molecule has 0 spiro atoms. The standard InChI is InChI=1S/C16H15NO3/c1-11-2-8-15(19)14(10-11)17-16(20)9-5-12-3-6-13(18)7-4-12/h2-10,18-19H,1H3,(H,17,20)/b9-5+. The fourth-order valence-electron chi connectivity index (χ4n) is 1.68. The molecule has 0 unspecified atom stereocenters. The fourth-order valence-corrected chi connectivity index (χ4v) is 1.68. The number of aromatic hydroxyl groups is 2. The molecule has 0 fully saturated rings. The van der Waals surface area contributed by atoms with Crippen molar-refractivity contribution in [3.8, 4) is 11.5 Å². The number of hydrogen-bond donors (Lipinski definition) is 3. The van der Waals surface area contributed by atoms with E-state index < -0.39 is 0 Å². The van der Waals surface area contributed by atoms with Gasteiger partial charge in [0, 0.05) is 6.08 Å². The maximum absolute atomic E-state index is 11.8. The summed E-state index contributed by atoms with van der Waals surface area (Å²) in [5, 5.41) is 21.4. The van der Waals surface area contributed by atoms with E-state index in [0.29, 0.717) is 5.69 Å². The summed E-state index contributed by atoms with van der Waals surface area (Å²) in [6.45, 7) is 1.88. The van der Waals surface area contributed by atoms with E-state index in [0.717, 1.165) is 11.1 Å². The number of anilines is 1. The Morgan fingerprint density at radius 2 is 1.80 bits per heavy atom. The Balaban J connectivity index is 2.05. The highest BCUT2D eigenvalue weighted by Gasteiger charge is 2.03. The molecule has 102 valence electrons. The third-order valence-electron chi connectivity index (χ3n) is 2.73. The lowest BCUT2D eigenvalue weighted by molar-refractivity contribution is -0.111. The second-order valence-electron chi connectivity index (χ2n) is 4.43. The lowest BCUT2D eigenvalue weighted by Crippen LogP contribution is -2.07. The van der Waals surface area contributed by atoms with E-state index in [9.17, 15) is 9.90 Å². The maximum atomic E-state index is 11.8. The Kier molecular flexibility index (Phi) is 4.05. The Bertz CT molecular complexity index is 645. The van der Waals surface area contributed by atoms with E-state index in [4.69, 9.17) is 5.11 Å². The molecule has 4 heteroatoms. The Hall–Kier alpha value is -2.75. The smallest absolute Gasteiger partial charge is 0.248 e. The molecule has 2 rings (SSSR count). The number of benzene rings is 2. The second kappa shape index (κ2) is 5.93. The van der Waals surface area contributed by atoms with Crippen LogP contribution in [0.3, 0.4) is 0 Å². The van der Waals surface area contributed by atoms with E-state index in [2.05, 4.69) is 5.32 Å². The van der Waals surface area contributed by atoms with Gasteiger partial charge in [-0.25, -0.2) is 0 Å². The first-order valence-corrected chi connectivity index (χ1v) is 6.12. The molecule has 0 saturated heterocycles. The van der Waals surface area contributed by atoms with E-state index >= 15 is 0 Å². The topological polar surface area (TPSA) is 69.6 Å². The van der Waals surface area contributed by atoms with Crippen LogP contribution in [0.4, 0.5) is 5.69 Å². The summed E-state index contributed by atoms with van der Waals surface area (Å²) in [7, 11) is 0. The third-order valence-corrected chi connectivity index (χ3v) is 2.73. The lowest BCUT2D eigenvalue weighted by atomic mass is 10.2. The van der Waals surface area contributed by atoms with Gasteiger partial charge in [-0.2, -0.15) is 0 Å². The molecule has 2 aromatic carbocycles. The molecule has 0 atom stereocenters. The Morgan fingerprint density at radius 3 is 2.50 bits per heavy atom. The molecule has 0 bridgehead atoms. The molecule has 3 N–H and O–H groups in total. The normalized spacial score (nSPS) is 10.7. The Morgan fingerprint density at radius 1 is 1.10 bits per heavy atom. The van der Waals surface area contributed by atoms with Gasteiger partial charge in [-0.05, 0) is 48.4 Å². The van der Waals surface area contributed by atoms with E-state index in [-0.39, 0.29) is 17.4 Å². The summed E-state index contributed by atoms with van der Waals surface area (Å²) in [6.07, 6.45) is 3.00. The molecule has 4 nitrogen and oxygen atoms in total. The number of nitrogens with one attached hydrogen (secondary N) is 1. The molecule has 0 heterocycles. The first-order chi connectivity index (χ1) is 9.54. The SMILES string of the molecule is Cc1ccc(O)c(NC(=O)/C=C/c2ccc(O)cc2)c1. The van der Waals surface area contributed by atoms with Gasteiger partial charge in [0.05, 0.1) is 5.69 Å². The van der Waals surface area contributed by atoms with Crippen LogP contribution in [0.5, 0.6) is 11.5 Å². The number of carbonyl (C=O) groups excluding carboxylic acids is 1. The molecule has 0 saturated carbocycles. The number of phenolic OH excluding ortho intramolecular Hbond substituents is 2. The van der Waals surface area contributed by atoms with E-state index in [1.165, 1.54) is 12.1 Å². The molecule has 0 aliphatic rings. The summed E-state index contributed by atoms with van der Waals surface area (Å²) in [4.78, 5) is 11.8. The van der Waals surface area contributed by atoms with Crippen molar-refractivity contribution in [2.45, 2.75) is 6.92 Å². The van der Waals surface area contributed by atoms with Crippen LogP contribution in [-0.2, 0) is 4.79 Å². The minimum atomic E-state index is -0.334. The number of phenols is 2. The van der Waals surface area contributed by atoms with Crippen molar-refractivity contribution in [2.24, 2.45) is 0 Å². The highest BCUT2D eigenvalue weighted by molar-refractivity contribution is 6.02. The van der Waals surface area contributed by atoms with Gasteiger partial charge < -0.3 is 15.5 Å². The van der Waals surface area contributed by atoms with Gasteiger partial charge in [0.2, 0.25) is 5.91 Å². The second-order valence-corrected chi connectivity index (χ2v) is 4.43. The molecule has 1 amide bonds. The minimum absolute atomic E-state index is 0.0296. The molecule has 2 aromatic rings. The van der Waals surface area contributed by atoms with Crippen LogP contribution in [0.15, 0.2) is 48.5 Å². The van der Waals surface area contributed by atoms with Crippen molar-refractivity contribution >= 4 is 17.7 Å². The quantitative estimate of drug-likeness (QED) is 0.592. The van der Waals surface area contributed by atoms with Crippen molar-refractivity contribution in [3.05, 3.63) is 59.7 Å². The highest BCUT2D eigenvalue weighted by atomic mass is 16.3. The summed E-state index contributed by atoms with van der Waals surface area (Å²) >= 11 is 0. The van der Waals surface area contributed by atoms with Gasteiger partial charge >= 0.3 is 0 Å². The van der Waals surface area contributed by atoms with E-state index in [1.54, 1.807) is 42.5 Å². The zero-order valence-electron chi connectivity index (χ0n) is 11.0. The molecule has 0 aliphatic heterocycles. The van der Waals surface area contributed by atoms with Gasteiger partial charge in [0.25, 0.3) is 0 Å². The summed E-state index contributed by atoms with van der Waals surface area (Å²) in [5.74, 6) is -0.128. The van der Waals surface area contributed by atoms with Crippen molar-refractivity contribution < 1.29 is 15.0 Å². The first-order valence-electron chi connectivity index (χ1n) is 6.12. The van der Waals surface area contributed by atoms with Crippen molar-refractivity contribution in [1.82, 2.24) is 0 Å². The number of amides is 1. The minimum Gasteiger partial charge on any atom is -0.508 e. The van der Waals surface area contributed by atoms with Crippen molar-refractivity contribution in [3.63, 3.8) is 0 Å². The van der Waals surface area contributed by atoms with Gasteiger partial charge in [0.15, 0.2) is 0 Å². The number of rotatable bonds is 3. The monoisotopic (exact) mass is 269 g/mol. The van der Waals surface area contributed by atoms with Crippen molar-refractivity contribution in [2.75, 3.05) is 5.32 Å². The average molecular weight is 269 g/mol. The van der Waals surface area contributed by atoms with Crippen LogP contribution in [0.2, 0.25) is 0 Å². The van der Waals surface area contributed by atoms with Gasteiger partial charge in [-0.3, -0.25) is 4.79 Å². The van der Waals surface area contributed by atoms with Gasteiger partial charge in [-0.1, -0.05) is 18.2 Å². The third kappa shape index (κ3) is 3.62. The maximum Gasteiger partial charge on any atom is 0.248 e. The molecule has 0 aromatic heterocycles. The van der Waals surface area contributed by atoms with Gasteiger partial charge in [0.1, 0.15) is 11.5 Å². The number of carbonyl (C=O) groups is 1. The zero-order valence-corrected chi connectivity index (χ0v) is 11.0. The molecule has 0 radical (unpaired) electrons. The first kappa shape index (κ1) is 13.7. The predicted molar refractivity (Wildman–Crippen MR) is 78.6 cm³/mol. The Labute approximate surface area is 117 Å². The average Bonchev–Trinajstić information content (AvgIpc) is 2.42. The fraction of sp³-hybridized carbons (Fsp3) is 0.0625. The number of aryl methyl sites for hydroxylation is 1. The van der Waals surface area contributed by atoms with Crippen LogP contribution in [0.1, 0.15) is 11.1 Å². The van der Waals surface area contributed by atoms with E-state index in [1.807, 2.05) is 6.92 Å². The molecule has 0 aliphatic carbocycles. The summed E-state index contributed by atoms with van der Waals surface area (Å²) < 4.78 is 0. The van der Waals surface area contributed by atoms with Crippen LogP contribution in [0.25, 0.3) is 6.08 Å². The number of hydrogen-bond acceptors (Lipinski definition) is 3.